The Morgan fingerprint density at radius 3 is 2.67 bits per heavy atom. The fraction of sp³-hybridized carbons (Fsp3) is 0.438. The summed E-state index contributed by atoms with van der Waals surface area (Å²) in [4.78, 5) is 14.3. The number of aromatic amines is 1. The van der Waals surface area contributed by atoms with E-state index in [-0.39, 0.29) is 5.56 Å². The number of aryl methyl sites for hydroxylation is 1. The number of fused-ring (bicyclic) bond motifs is 1. The maximum atomic E-state index is 11.6. The first-order valence-corrected chi connectivity index (χ1v) is 7.61. The van der Waals surface area contributed by atoms with Gasteiger partial charge in [-0.3, -0.25) is 4.79 Å². The molecule has 0 bridgehead atoms. The first kappa shape index (κ1) is 16.9. The second kappa shape index (κ2) is 6.50. The Labute approximate surface area is 137 Å². The van der Waals surface area contributed by atoms with Gasteiger partial charge in [-0.2, -0.15) is 0 Å². The maximum Gasteiger partial charge on any atom is 0.248 e. The largest absolute Gasteiger partial charge is 0.394 e. The number of anilines is 1. The summed E-state index contributed by atoms with van der Waals surface area (Å²) in [7, 11) is 0. The quantitative estimate of drug-likeness (QED) is 0.425. The van der Waals surface area contributed by atoms with Crippen molar-refractivity contribution in [2.75, 3.05) is 11.9 Å². The summed E-state index contributed by atoms with van der Waals surface area (Å²) in [5, 5.41) is 42.9. The predicted molar refractivity (Wildman–Crippen MR) is 86.7 cm³/mol. The number of aliphatic hydroxyl groups excluding tert-OH is 4. The summed E-state index contributed by atoms with van der Waals surface area (Å²) in [6, 6.07) is 5.73. The number of rotatable bonds is 3. The van der Waals surface area contributed by atoms with Crippen molar-refractivity contribution in [3.05, 3.63) is 40.2 Å². The molecule has 8 heteroatoms. The normalized spacial score (nSPS) is 30.5. The van der Waals surface area contributed by atoms with Crippen LogP contribution in [-0.4, -0.2) is 62.7 Å². The molecule has 0 radical (unpaired) electrons. The second-order valence-electron chi connectivity index (χ2n) is 5.98. The molecule has 0 amide bonds. The van der Waals surface area contributed by atoms with Gasteiger partial charge in [0.05, 0.1) is 12.1 Å². The van der Waals surface area contributed by atoms with Gasteiger partial charge in [-0.25, -0.2) is 0 Å². The molecule has 2 heterocycles. The van der Waals surface area contributed by atoms with Crippen molar-refractivity contribution in [1.29, 1.82) is 0 Å². The zero-order chi connectivity index (χ0) is 17.4. The summed E-state index contributed by atoms with van der Waals surface area (Å²) < 4.78 is 5.10. The van der Waals surface area contributed by atoms with E-state index in [1.165, 1.54) is 6.07 Å². The van der Waals surface area contributed by atoms with E-state index < -0.39 is 37.3 Å². The summed E-state index contributed by atoms with van der Waals surface area (Å²) in [5.74, 6) is 0. The number of H-pyrrole nitrogens is 1. The van der Waals surface area contributed by atoms with Crippen molar-refractivity contribution < 1.29 is 25.2 Å². The van der Waals surface area contributed by atoms with Crippen LogP contribution < -0.4 is 10.9 Å². The van der Waals surface area contributed by atoms with Gasteiger partial charge in [0.1, 0.15) is 24.4 Å². The van der Waals surface area contributed by atoms with Crippen molar-refractivity contribution >= 4 is 16.6 Å². The first-order valence-electron chi connectivity index (χ1n) is 7.61. The molecule has 130 valence electrons. The molecule has 8 nitrogen and oxygen atoms in total. The summed E-state index contributed by atoms with van der Waals surface area (Å²) in [6.45, 7) is 1.32. The molecule has 1 aliphatic rings. The van der Waals surface area contributed by atoms with Crippen LogP contribution in [-0.2, 0) is 4.74 Å². The third-order valence-electron chi connectivity index (χ3n) is 4.28. The Morgan fingerprint density at radius 2 is 1.96 bits per heavy atom. The topological polar surface area (TPSA) is 135 Å². The molecular formula is C16H20N2O6. The van der Waals surface area contributed by atoms with Gasteiger partial charge in [-0.1, -0.05) is 6.07 Å². The van der Waals surface area contributed by atoms with Crippen molar-refractivity contribution in [2.45, 2.75) is 37.6 Å². The van der Waals surface area contributed by atoms with Crippen LogP contribution in [0.4, 0.5) is 5.69 Å². The fourth-order valence-electron chi connectivity index (χ4n) is 2.97. The van der Waals surface area contributed by atoms with Crippen LogP contribution in [0.25, 0.3) is 10.9 Å². The molecule has 6 N–H and O–H groups in total. The molecule has 0 spiro atoms. The van der Waals surface area contributed by atoms with Gasteiger partial charge in [0, 0.05) is 17.1 Å². The minimum atomic E-state index is -1.41. The third-order valence-corrected chi connectivity index (χ3v) is 4.28. The highest BCUT2D eigenvalue weighted by molar-refractivity contribution is 5.84. The second-order valence-corrected chi connectivity index (χ2v) is 5.98. The van der Waals surface area contributed by atoms with Crippen molar-refractivity contribution in [3.63, 3.8) is 0 Å². The molecule has 0 aliphatic carbocycles. The van der Waals surface area contributed by atoms with Gasteiger partial charge >= 0.3 is 0 Å². The molecule has 0 saturated carbocycles. The molecular weight excluding hydrogens is 316 g/mol. The molecule has 3 unspecified atom stereocenters. The van der Waals surface area contributed by atoms with Crippen molar-refractivity contribution in [3.8, 4) is 0 Å². The van der Waals surface area contributed by atoms with Crippen molar-refractivity contribution in [2.24, 2.45) is 0 Å². The number of benzene rings is 1. The highest BCUT2D eigenvalue weighted by Crippen LogP contribution is 2.25. The van der Waals surface area contributed by atoms with Gasteiger partial charge in [-0.15, -0.1) is 0 Å². The van der Waals surface area contributed by atoms with E-state index in [0.29, 0.717) is 11.2 Å². The van der Waals surface area contributed by atoms with Gasteiger partial charge in [0.2, 0.25) is 5.56 Å². The molecule has 5 atom stereocenters. The lowest BCUT2D eigenvalue weighted by Gasteiger charge is -2.40. The molecule has 1 saturated heterocycles. The Hall–Kier alpha value is -1.97. The predicted octanol–water partition coefficient (Wildman–Crippen LogP) is -0.952. The molecule has 1 aromatic carbocycles. The lowest BCUT2D eigenvalue weighted by atomic mass is 9.96. The van der Waals surface area contributed by atoms with Crippen LogP contribution in [0.3, 0.4) is 0 Å². The van der Waals surface area contributed by atoms with Gasteiger partial charge in [0.15, 0.2) is 6.29 Å². The number of ether oxygens (including phenoxy) is 1. The Balaban J connectivity index is 1.88. The van der Waals surface area contributed by atoms with Crippen molar-refractivity contribution in [1.82, 2.24) is 4.98 Å². The smallest absolute Gasteiger partial charge is 0.248 e. The average molecular weight is 336 g/mol. The number of pyridine rings is 1. The van der Waals surface area contributed by atoms with Gasteiger partial charge < -0.3 is 35.5 Å². The zero-order valence-corrected chi connectivity index (χ0v) is 13.0. The maximum absolute atomic E-state index is 11.6. The highest BCUT2D eigenvalue weighted by atomic mass is 16.6. The SMILES string of the molecule is Cc1cc(=O)[nH]c2cc(N[C@@H]3C(O)OC(CO)[C@@H](O)C3O)ccc12. The minimum absolute atomic E-state index is 0.223. The summed E-state index contributed by atoms with van der Waals surface area (Å²) in [5.41, 5.74) is 1.76. The standard InChI is InChI=1S/C16H20N2O6/c1-7-4-12(20)18-10-5-8(2-3-9(7)10)17-13-15(22)14(21)11(6-19)24-16(13)23/h2-5,11,13-17,19,21-23H,6H2,1H3,(H,18,20)/t11?,13-,14+,15?,16?/m0/s1. The molecule has 3 rings (SSSR count). The fourth-order valence-corrected chi connectivity index (χ4v) is 2.97. The van der Waals surface area contributed by atoms with E-state index >= 15 is 0 Å². The lowest BCUT2D eigenvalue weighted by molar-refractivity contribution is -0.245. The third kappa shape index (κ3) is 3.02. The monoisotopic (exact) mass is 336 g/mol. The van der Waals surface area contributed by atoms with Crippen LogP contribution in [0.15, 0.2) is 29.1 Å². The number of hydrogen-bond acceptors (Lipinski definition) is 7. The molecule has 1 aliphatic heterocycles. The summed E-state index contributed by atoms with van der Waals surface area (Å²) in [6.07, 6.45) is -5.13. The van der Waals surface area contributed by atoms with Crippen LogP contribution in [0.1, 0.15) is 5.56 Å². The van der Waals surface area contributed by atoms with Crippen LogP contribution in [0.5, 0.6) is 0 Å². The number of hydrogen-bond donors (Lipinski definition) is 6. The number of aromatic nitrogens is 1. The van der Waals surface area contributed by atoms with E-state index in [1.54, 1.807) is 18.2 Å². The average Bonchev–Trinajstić information content (AvgIpc) is 2.54. The Kier molecular flexibility index (Phi) is 4.57. The minimum Gasteiger partial charge on any atom is -0.394 e. The van der Waals surface area contributed by atoms with E-state index in [1.807, 2.05) is 6.92 Å². The number of aliphatic hydroxyl groups is 4. The Morgan fingerprint density at radius 1 is 1.21 bits per heavy atom. The Bertz CT molecular complexity index is 792. The van der Waals surface area contributed by atoms with E-state index in [0.717, 1.165) is 10.9 Å². The van der Waals surface area contributed by atoms with E-state index in [2.05, 4.69) is 10.3 Å². The van der Waals surface area contributed by atoms with Gasteiger partial charge in [-0.05, 0) is 24.6 Å². The van der Waals surface area contributed by atoms with Crippen LogP contribution in [0, 0.1) is 6.92 Å². The highest BCUT2D eigenvalue weighted by Gasteiger charge is 2.43. The van der Waals surface area contributed by atoms with E-state index in [4.69, 9.17) is 9.84 Å². The van der Waals surface area contributed by atoms with E-state index in [9.17, 15) is 20.1 Å². The lowest BCUT2D eigenvalue weighted by Crippen LogP contribution is -2.61. The zero-order valence-electron chi connectivity index (χ0n) is 13.0. The number of nitrogens with one attached hydrogen (secondary N) is 2. The molecule has 1 aromatic heterocycles. The van der Waals surface area contributed by atoms with Crippen LogP contribution in [0.2, 0.25) is 0 Å². The van der Waals surface area contributed by atoms with Gasteiger partial charge in [0.25, 0.3) is 0 Å². The first-order chi connectivity index (χ1) is 11.4. The molecule has 1 fully saturated rings. The molecule has 2 aromatic rings. The molecule has 24 heavy (non-hydrogen) atoms. The summed E-state index contributed by atoms with van der Waals surface area (Å²) >= 11 is 0. The van der Waals surface area contributed by atoms with Crippen LogP contribution >= 0.6 is 0 Å².